The number of thiazole rings is 1. The number of carbonyl (C=O) groups is 1. The number of H-pyrrole nitrogens is 1. The normalized spacial score (nSPS) is 17.9. The Morgan fingerprint density at radius 2 is 2.37 bits per heavy atom. The molecule has 8 heteroatoms. The average Bonchev–Trinajstić information content (AvgIpc) is 3.31. The molecule has 7 nitrogen and oxygen atoms in total. The van der Waals surface area contributed by atoms with Crippen molar-refractivity contribution in [2.75, 3.05) is 31.6 Å². The van der Waals surface area contributed by atoms with E-state index in [0.29, 0.717) is 24.2 Å². The fraction of sp³-hybridized carbons (Fsp3) is 0.421. The van der Waals surface area contributed by atoms with Crippen LogP contribution in [-0.4, -0.2) is 52.2 Å². The Kier molecular flexibility index (Phi) is 5.35. The number of nitrogens with zero attached hydrogens (tertiary/aromatic N) is 3. The van der Waals surface area contributed by atoms with Crippen molar-refractivity contribution in [2.24, 2.45) is 0 Å². The Labute approximate surface area is 161 Å². The number of nitrogens with one attached hydrogen (secondary N) is 2. The first kappa shape index (κ1) is 17.9. The molecule has 0 aliphatic carbocycles. The molecule has 0 radical (unpaired) electrons. The van der Waals surface area contributed by atoms with E-state index in [1.807, 2.05) is 31.2 Å². The summed E-state index contributed by atoms with van der Waals surface area (Å²) in [6.07, 6.45) is 3.99. The van der Waals surface area contributed by atoms with E-state index in [0.717, 1.165) is 47.6 Å². The molecular formula is C19H23N5O2S. The van der Waals surface area contributed by atoms with Gasteiger partial charge in [0.2, 0.25) is 5.91 Å². The largest absolute Gasteiger partial charge is 0.494 e. The number of fused-ring (bicyclic) bond motifs is 1. The van der Waals surface area contributed by atoms with E-state index in [1.165, 1.54) is 11.3 Å². The zero-order valence-electron chi connectivity index (χ0n) is 15.3. The van der Waals surface area contributed by atoms with Crippen molar-refractivity contribution in [1.29, 1.82) is 0 Å². The second-order valence-electron chi connectivity index (χ2n) is 6.72. The van der Waals surface area contributed by atoms with Gasteiger partial charge in [-0.25, -0.2) is 4.98 Å². The zero-order valence-corrected chi connectivity index (χ0v) is 16.1. The van der Waals surface area contributed by atoms with Gasteiger partial charge < -0.3 is 10.1 Å². The predicted octanol–water partition coefficient (Wildman–Crippen LogP) is 3.24. The lowest BCUT2D eigenvalue weighted by Crippen LogP contribution is -2.39. The van der Waals surface area contributed by atoms with Crippen molar-refractivity contribution >= 4 is 32.6 Å². The lowest BCUT2D eigenvalue weighted by Gasteiger charge is -2.31. The number of aromatic amines is 1. The van der Waals surface area contributed by atoms with Crippen LogP contribution in [0.2, 0.25) is 0 Å². The smallest absolute Gasteiger partial charge is 0.240 e. The highest BCUT2D eigenvalue weighted by Gasteiger charge is 2.24. The molecule has 0 spiro atoms. The summed E-state index contributed by atoms with van der Waals surface area (Å²) in [6, 6.07) is 7.81. The van der Waals surface area contributed by atoms with Crippen LogP contribution in [0.25, 0.3) is 10.2 Å². The molecule has 1 aromatic carbocycles. The summed E-state index contributed by atoms with van der Waals surface area (Å²) >= 11 is 1.47. The van der Waals surface area contributed by atoms with Gasteiger partial charge in [0.25, 0.3) is 0 Å². The number of carbonyl (C=O) groups excluding carboxylic acids is 1. The van der Waals surface area contributed by atoms with Gasteiger partial charge in [-0.2, -0.15) is 5.10 Å². The average molecular weight is 385 g/mol. The fourth-order valence-electron chi connectivity index (χ4n) is 3.52. The number of piperidine rings is 1. The Hall–Kier alpha value is -2.45. The summed E-state index contributed by atoms with van der Waals surface area (Å²) in [6.45, 7) is 4.77. The third-order valence-electron chi connectivity index (χ3n) is 4.75. The molecule has 1 fully saturated rings. The Balaban J connectivity index is 1.36. The molecule has 142 valence electrons. The monoisotopic (exact) mass is 385 g/mol. The van der Waals surface area contributed by atoms with Crippen molar-refractivity contribution in [2.45, 2.75) is 25.7 Å². The number of aromatic nitrogens is 3. The Morgan fingerprint density at radius 3 is 3.19 bits per heavy atom. The molecule has 4 rings (SSSR count). The molecule has 1 aliphatic heterocycles. The SMILES string of the molecule is CCOc1ccc2nc(NC(=O)CN3CCC[C@@H](c4ccn[nH]4)C3)sc2c1. The third-order valence-corrected chi connectivity index (χ3v) is 5.69. The van der Waals surface area contributed by atoms with Crippen LogP contribution in [-0.2, 0) is 4.79 Å². The topological polar surface area (TPSA) is 83.1 Å². The number of amides is 1. The van der Waals surface area contributed by atoms with Crippen LogP contribution in [0.15, 0.2) is 30.5 Å². The van der Waals surface area contributed by atoms with Gasteiger partial charge in [-0.05, 0) is 50.6 Å². The molecule has 2 aromatic heterocycles. The van der Waals surface area contributed by atoms with Gasteiger partial charge >= 0.3 is 0 Å². The number of hydrogen-bond donors (Lipinski definition) is 2. The molecule has 1 amide bonds. The van der Waals surface area contributed by atoms with Crippen LogP contribution in [0.5, 0.6) is 5.75 Å². The van der Waals surface area contributed by atoms with Gasteiger partial charge in [0.05, 0.1) is 23.4 Å². The van der Waals surface area contributed by atoms with E-state index < -0.39 is 0 Å². The first-order valence-electron chi connectivity index (χ1n) is 9.26. The zero-order chi connectivity index (χ0) is 18.6. The van der Waals surface area contributed by atoms with E-state index in [1.54, 1.807) is 6.20 Å². The maximum Gasteiger partial charge on any atom is 0.240 e. The maximum atomic E-state index is 12.5. The second-order valence-corrected chi connectivity index (χ2v) is 7.75. The molecular weight excluding hydrogens is 362 g/mol. The van der Waals surface area contributed by atoms with Gasteiger partial charge in [0.1, 0.15) is 5.75 Å². The van der Waals surface area contributed by atoms with Crippen molar-refractivity contribution in [3.05, 3.63) is 36.2 Å². The quantitative estimate of drug-likeness (QED) is 0.681. The van der Waals surface area contributed by atoms with Crippen molar-refractivity contribution in [3.8, 4) is 5.75 Å². The lowest BCUT2D eigenvalue weighted by atomic mass is 9.95. The molecule has 27 heavy (non-hydrogen) atoms. The van der Waals surface area contributed by atoms with Gasteiger partial charge in [-0.15, -0.1) is 0 Å². The number of anilines is 1. The molecule has 0 saturated carbocycles. The fourth-order valence-corrected chi connectivity index (χ4v) is 4.43. The van der Waals surface area contributed by atoms with E-state index in [4.69, 9.17) is 4.74 Å². The van der Waals surface area contributed by atoms with E-state index in [2.05, 4.69) is 25.4 Å². The molecule has 1 atom stereocenters. The first-order valence-corrected chi connectivity index (χ1v) is 10.1. The van der Waals surface area contributed by atoms with Crippen LogP contribution < -0.4 is 10.1 Å². The molecule has 0 bridgehead atoms. The van der Waals surface area contributed by atoms with Gasteiger partial charge in [-0.3, -0.25) is 14.8 Å². The standard InChI is InChI=1S/C19H23N5O2S/c1-2-26-14-5-6-16-17(10-14)27-19(21-16)22-18(25)12-24-9-3-4-13(11-24)15-7-8-20-23-15/h5-8,10,13H,2-4,9,11-12H2,1H3,(H,20,23)(H,21,22,25)/t13-/m1/s1. The number of benzene rings is 1. The molecule has 1 aliphatic rings. The van der Waals surface area contributed by atoms with Crippen molar-refractivity contribution in [1.82, 2.24) is 20.1 Å². The summed E-state index contributed by atoms with van der Waals surface area (Å²) in [5.74, 6) is 1.21. The molecule has 3 aromatic rings. The maximum absolute atomic E-state index is 12.5. The lowest BCUT2D eigenvalue weighted by molar-refractivity contribution is -0.117. The highest BCUT2D eigenvalue weighted by Crippen LogP contribution is 2.29. The summed E-state index contributed by atoms with van der Waals surface area (Å²) in [4.78, 5) is 19.2. The number of likely N-dealkylation sites (tertiary alicyclic amines) is 1. The summed E-state index contributed by atoms with van der Waals surface area (Å²) in [5, 5.41) is 10.7. The van der Waals surface area contributed by atoms with Crippen LogP contribution in [0.1, 0.15) is 31.4 Å². The summed E-state index contributed by atoms with van der Waals surface area (Å²) < 4.78 is 6.53. The second kappa shape index (κ2) is 8.06. The predicted molar refractivity (Wildman–Crippen MR) is 106 cm³/mol. The number of ether oxygens (including phenoxy) is 1. The molecule has 1 saturated heterocycles. The number of hydrogen-bond acceptors (Lipinski definition) is 6. The Bertz CT molecular complexity index is 908. The molecule has 3 heterocycles. The Morgan fingerprint density at radius 1 is 1.44 bits per heavy atom. The van der Waals surface area contributed by atoms with Gasteiger partial charge in [-0.1, -0.05) is 11.3 Å². The summed E-state index contributed by atoms with van der Waals surface area (Å²) in [7, 11) is 0. The van der Waals surface area contributed by atoms with Gasteiger partial charge in [0.15, 0.2) is 5.13 Å². The highest BCUT2D eigenvalue weighted by atomic mass is 32.1. The minimum absolute atomic E-state index is 0.0238. The minimum atomic E-state index is -0.0238. The van der Waals surface area contributed by atoms with Gasteiger partial charge in [0, 0.05) is 24.4 Å². The highest BCUT2D eigenvalue weighted by molar-refractivity contribution is 7.22. The van der Waals surface area contributed by atoms with Crippen LogP contribution in [0.4, 0.5) is 5.13 Å². The van der Waals surface area contributed by atoms with E-state index >= 15 is 0 Å². The number of rotatable bonds is 6. The molecule has 2 N–H and O–H groups in total. The molecule has 0 unspecified atom stereocenters. The summed E-state index contributed by atoms with van der Waals surface area (Å²) in [5.41, 5.74) is 2.02. The van der Waals surface area contributed by atoms with Crippen LogP contribution in [0, 0.1) is 0 Å². The first-order chi connectivity index (χ1) is 13.2. The third kappa shape index (κ3) is 4.28. The van der Waals surface area contributed by atoms with Crippen molar-refractivity contribution < 1.29 is 9.53 Å². The van der Waals surface area contributed by atoms with E-state index in [-0.39, 0.29) is 5.91 Å². The van der Waals surface area contributed by atoms with Crippen molar-refractivity contribution in [3.63, 3.8) is 0 Å². The van der Waals surface area contributed by atoms with Crippen LogP contribution >= 0.6 is 11.3 Å². The van der Waals surface area contributed by atoms with Crippen LogP contribution in [0.3, 0.4) is 0 Å². The minimum Gasteiger partial charge on any atom is -0.494 e. The van der Waals surface area contributed by atoms with E-state index in [9.17, 15) is 4.79 Å².